The Labute approximate surface area is 167 Å². The first kappa shape index (κ1) is 19.0. The highest BCUT2D eigenvalue weighted by molar-refractivity contribution is 5.73. The fraction of sp³-hybridized carbons (Fsp3) is 0.545. The van der Waals surface area contributed by atoms with E-state index in [1.54, 1.807) is 6.92 Å². The Morgan fingerprint density at radius 1 is 1.25 bits per heavy atom. The van der Waals surface area contributed by atoms with E-state index in [1.807, 2.05) is 18.0 Å². The fourth-order valence-electron chi connectivity index (χ4n) is 4.33. The molecule has 1 saturated heterocycles. The average molecular weight is 383 g/mol. The second-order valence-corrected chi connectivity index (χ2v) is 8.40. The van der Waals surface area contributed by atoms with Crippen molar-refractivity contribution in [2.75, 3.05) is 19.6 Å². The number of aryl methyl sites for hydroxylation is 2. The van der Waals surface area contributed by atoms with Crippen LogP contribution >= 0.6 is 0 Å². The molecule has 0 radical (unpaired) electrons. The van der Waals surface area contributed by atoms with E-state index in [2.05, 4.69) is 46.6 Å². The van der Waals surface area contributed by atoms with Crippen LogP contribution in [0.25, 0.3) is 0 Å². The molecular weight excluding hydrogens is 352 g/mol. The number of aromatic nitrogens is 2. The number of carbonyl (C=O) groups is 1. The lowest BCUT2D eigenvalue weighted by Gasteiger charge is -2.42. The Morgan fingerprint density at radius 2 is 2.00 bits per heavy atom. The van der Waals surface area contributed by atoms with Crippen molar-refractivity contribution in [3.05, 3.63) is 47.0 Å². The molecule has 6 heteroatoms. The Bertz CT molecular complexity index is 881. The highest BCUT2D eigenvalue weighted by atomic mass is 16.5. The standard InChI is InChI=1S/C22H30N4O2/c1-16-5-6-21-19(11-16)13-26(18(3)27)15-22(28-21)7-9-25(10-8-22)14-20-12-23-17(2)24(20)4/h5-6,11-12H,7-10,13-15H2,1-4H3. The van der Waals surface area contributed by atoms with E-state index in [1.165, 1.54) is 11.3 Å². The highest BCUT2D eigenvalue weighted by Crippen LogP contribution is 2.36. The van der Waals surface area contributed by atoms with Gasteiger partial charge in [-0.1, -0.05) is 17.7 Å². The minimum atomic E-state index is -0.301. The maximum atomic E-state index is 12.3. The number of fused-ring (bicyclic) bond motifs is 1. The zero-order valence-corrected chi connectivity index (χ0v) is 17.4. The summed E-state index contributed by atoms with van der Waals surface area (Å²) >= 11 is 0. The molecule has 2 aliphatic heterocycles. The molecule has 0 bridgehead atoms. The molecule has 1 aromatic carbocycles. The lowest BCUT2D eigenvalue weighted by atomic mass is 9.90. The van der Waals surface area contributed by atoms with Crippen LogP contribution in [0.15, 0.2) is 24.4 Å². The Kier molecular flexibility index (Phi) is 4.91. The van der Waals surface area contributed by atoms with Crippen molar-refractivity contribution < 1.29 is 9.53 Å². The predicted molar refractivity (Wildman–Crippen MR) is 108 cm³/mol. The SMILES string of the molecule is CC(=O)N1Cc2cc(C)ccc2OC2(CCN(Cc3cnc(C)n3C)CC2)C1. The summed E-state index contributed by atoms with van der Waals surface area (Å²) in [5, 5.41) is 0. The third-order valence-corrected chi connectivity index (χ3v) is 6.30. The summed E-state index contributed by atoms with van der Waals surface area (Å²) in [6.45, 7) is 9.88. The molecule has 4 rings (SSSR count). The zero-order valence-electron chi connectivity index (χ0n) is 17.4. The predicted octanol–water partition coefficient (Wildman–Crippen LogP) is 2.81. The molecule has 1 amide bonds. The van der Waals surface area contributed by atoms with Crippen molar-refractivity contribution in [1.82, 2.24) is 19.4 Å². The Morgan fingerprint density at radius 3 is 2.64 bits per heavy atom. The molecule has 2 aromatic rings. The maximum absolute atomic E-state index is 12.3. The monoisotopic (exact) mass is 382 g/mol. The summed E-state index contributed by atoms with van der Waals surface area (Å²) in [6.07, 6.45) is 3.81. The van der Waals surface area contributed by atoms with Gasteiger partial charge in [0, 0.05) is 64.8 Å². The summed E-state index contributed by atoms with van der Waals surface area (Å²) in [5.41, 5.74) is 3.25. The lowest BCUT2D eigenvalue weighted by Crippen LogP contribution is -2.53. The smallest absolute Gasteiger partial charge is 0.219 e. The molecule has 1 spiro atoms. The van der Waals surface area contributed by atoms with Crippen LogP contribution < -0.4 is 4.74 Å². The van der Waals surface area contributed by atoms with E-state index >= 15 is 0 Å². The molecule has 0 atom stereocenters. The van der Waals surface area contributed by atoms with Gasteiger partial charge in [0.2, 0.25) is 5.91 Å². The molecule has 2 aliphatic rings. The number of nitrogens with zero attached hydrogens (tertiary/aromatic N) is 4. The van der Waals surface area contributed by atoms with Gasteiger partial charge in [0.15, 0.2) is 0 Å². The molecule has 28 heavy (non-hydrogen) atoms. The number of likely N-dealkylation sites (tertiary alicyclic amines) is 1. The van der Waals surface area contributed by atoms with Gasteiger partial charge in [-0.05, 0) is 19.9 Å². The van der Waals surface area contributed by atoms with Gasteiger partial charge in [0.05, 0.1) is 12.2 Å². The third-order valence-electron chi connectivity index (χ3n) is 6.30. The van der Waals surface area contributed by atoms with Gasteiger partial charge in [-0.2, -0.15) is 0 Å². The van der Waals surface area contributed by atoms with E-state index in [4.69, 9.17) is 4.74 Å². The maximum Gasteiger partial charge on any atom is 0.219 e. The quantitative estimate of drug-likeness (QED) is 0.801. The van der Waals surface area contributed by atoms with Crippen molar-refractivity contribution in [1.29, 1.82) is 0 Å². The Balaban J connectivity index is 1.52. The number of imidazole rings is 1. The number of carbonyl (C=O) groups excluding carboxylic acids is 1. The van der Waals surface area contributed by atoms with E-state index in [0.717, 1.165) is 49.6 Å². The third kappa shape index (κ3) is 3.65. The average Bonchev–Trinajstić information content (AvgIpc) is 2.88. The van der Waals surface area contributed by atoms with E-state index in [-0.39, 0.29) is 11.5 Å². The molecule has 1 fully saturated rings. The number of rotatable bonds is 2. The summed E-state index contributed by atoms with van der Waals surface area (Å²) in [7, 11) is 2.07. The molecule has 3 heterocycles. The summed E-state index contributed by atoms with van der Waals surface area (Å²) in [4.78, 5) is 21.1. The van der Waals surface area contributed by atoms with E-state index < -0.39 is 0 Å². The van der Waals surface area contributed by atoms with Gasteiger partial charge < -0.3 is 14.2 Å². The largest absolute Gasteiger partial charge is 0.485 e. The van der Waals surface area contributed by atoms with Gasteiger partial charge in [-0.3, -0.25) is 9.69 Å². The zero-order chi connectivity index (χ0) is 19.9. The van der Waals surface area contributed by atoms with Crippen molar-refractivity contribution >= 4 is 5.91 Å². The van der Waals surface area contributed by atoms with Crippen LogP contribution in [-0.4, -0.2) is 50.5 Å². The topological polar surface area (TPSA) is 50.6 Å². The molecule has 0 saturated carbocycles. The summed E-state index contributed by atoms with van der Waals surface area (Å²) < 4.78 is 8.76. The minimum absolute atomic E-state index is 0.116. The van der Waals surface area contributed by atoms with E-state index in [0.29, 0.717) is 13.1 Å². The molecule has 0 unspecified atom stereocenters. The van der Waals surface area contributed by atoms with Gasteiger partial charge in [-0.25, -0.2) is 4.98 Å². The molecule has 6 nitrogen and oxygen atoms in total. The van der Waals surface area contributed by atoms with Crippen LogP contribution in [-0.2, 0) is 24.9 Å². The molecule has 0 aliphatic carbocycles. The van der Waals surface area contributed by atoms with Crippen molar-refractivity contribution in [2.24, 2.45) is 7.05 Å². The second kappa shape index (κ2) is 7.24. The number of hydrogen-bond acceptors (Lipinski definition) is 4. The number of piperidine rings is 1. The Hall–Kier alpha value is -2.34. The first-order valence-corrected chi connectivity index (χ1v) is 10.1. The van der Waals surface area contributed by atoms with Crippen molar-refractivity contribution in [3.63, 3.8) is 0 Å². The van der Waals surface area contributed by atoms with Crippen LogP contribution in [0.4, 0.5) is 0 Å². The van der Waals surface area contributed by atoms with Gasteiger partial charge in [-0.15, -0.1) is 0 Å². The number of benzene rings is 1. The first-order valence-electron chi connectivity index (χ1n) is 10.1. The van der Waals surface area contributed by atoms with Gasteiger partial charge in [0.25, 0.3) is 0 Å². The van der Waals surface area contributed by atoms with E-state index in [9.17, 15) is 4.79 Å². The summed E-state index contributed by atoms with van der Waals surface area (Å²) in [5.74, 6) is 2.09. The van der Waals surface area contributed by atoms with Crippen LogP contribution in [0.1, 0.15) is 42.4 Å². The second-order valence-electron chi connectivity index (χ2n) is 8.40. The van der Waals surface area contributed by atoms with Crippen molar-refractivity contribution in [3.8, 4) is 5.75 Å². The number of hydrogen-bond donors (Lipinski definition) is 0. The lowest BCUT2D eigenvalue weighted by molar-refractivity contribution is -0.132. The minimum Gasteiger partial charge on any atom is -0.485 e. The fourth-order valence-corrected chi connectivity index (χ4v) is 4.33. The molecule has 1 aromatic heterocycles. The summed E-state index contributed by atoms with van der Waals surface area (Å²) in [6, 6.07) is 6.31. The van der Waals surface area contributed by atoms with Crippen LogP contribution in [0.2, 0.25) is 0 Å². The van der Waals surface area contributed by atoms with Gasteiger partial charge >= 0.3 is 0 Å². The molecule has 0 N–H and O–H groups in total. The highest BCUT2D eigenvalue weighted by Gasteiger charge is 2.41. The van der Waals surface area contributed by atoms with Gasteiger partial charge in [0.1, 0.15) is 17.2 Å². The van der Waals surface area contributed by atoms with Crippen molar-refractivity contribution in [2.45, 2.75) is 52.3 Å². The molecular formula is C22H30N4O2. The normalized spacial score (nSPS) is 19.2. The van der Waals surface area contributed by atoms with Crippen LogP contribution in [0, 0.1) is 13.8 Å². The van der Waals surface area contributed by atoms with Crippen LogP contribution in [0.5, 0.6) is 5.75 Å². The first-order chi connectivity index (χ1) is 13.3. The number of amides is 1. The molecule has 150 valence electrons. The van der Waals surface area contributed by atoms with Crippen LogP contribution in [0.3, 0.4) is 0 Å². The number of ether oxygens (including phenoxy) is 1.